The maximum atomic E-state index is 11.7. The number of anilines is 1. The molecule has 0 aromatic carbocycles. The van der Waals surface area contributed by atoms with Gasteiger partial charge in [0.15, 0.2) is 5.13 Å². The number of thiazole rings is 1. The van der Waals surface area contributed by atoms with Gasteiger partial charge < -0.3 is 5.32 Å². The standard InChI is InChI=1S/C11H13N3O2S/c1-14-9(15)5-7(10(14)16)13-11-12-6-3-2-4-8(6)17-11/h7H,2-5H2,1H3,(H,12,13). The number of likely N-dealkylation sites (N-methyl/N-ethyl adjacent to an activating group) is 1. The monoisotopic (exact) mass is 251 g/mol. The van der Waals surface area contributed by atoms with Crippen LogP contribution in [0.25, 0.3) is 0 Å². The van der Waals surface area contributed by atoms with Crippen LogP contribution in [0.3, 0.4) is 0 Å². The molecule has 0 bridgehead atoms. The van der Waals surface area contributed by atoms with E-state index in [1.165, 1.54) is 23.2 Å². The summed E-state index contributed by atoms with van der Waals surface area (Å²) < 4.78 is 0. The maximum Gasteiger partial charge on any atom is 0.251 e. The molecule has 1 aromatic rings. The summed E-state index contributed by atoms with van der Waals surface area (Å²) in [6, 6.07) is -0.432. The third kappa shape index (κ3) is 1.72. The quantitative estimate of drug-likeness (QED) is 0.790. The van der Waals surface area contributed by atoms with Crippen molar-refractivity contribution in [2.75, 3.05) is 12.4 Å². The first kappa shape index (κ1) is 10.7. The molecule has 5 nitrogen and oxygen atoms in total. The second-order valence-corrected chi connectivity index (χ2v) is 5.52. The van der Waals surface area contributed by atoms with Gasteiger partial charge in [-0.1, -0.05) is 0 Å². The number of likely N-dealkylation sites (tertiary alicyclic amines) is 1. The fraction of sp³-hybridized carbons (Fsp3) is 0.545. The molecule has 3 rings (SSSR count). The predicted molar refractivity (Wildman–Crippen MR) is 63.9 cm³/mol. The Morgan fingerprint density at radius 1 is 1.41 bits per heavy atom. The number of rotatable bonds is 2. The first-order valence-corrected chi connectivity index (χ1v) is 6.52. The van der Waals surface area contributed by atoms with Crippen LogP contribution in [0.2, 0.25) is 0 Å². The van der Waals surface area contributed by atoms with E-state index in [-0.39, 0.29) is 18.2 Å². The lowest BCUT2D eigenvalue weighted by molar-refractivity contribution is -0.136. The van der Waals surface area contributed by atoms with E-state index < -0.39 is 6.04 Å². The van der Waals surface area contributed by atoms with E-state index in [4.69, 9.17) is 0 Å². The zero-order chi connectivity index (χ0) is 12.0. The van der Waals surface area contributed by atoms with Crippen LogP contribution in [0.4, 0.5) is 5.13 Å². The Bertz CT molecular complexity index is 475. The van der Waals surface area contributed by atoms with Gasteiger partial charge in [0.1, 0.15) is 6.04 Å². The molecule has 1 atom stereocenters. The van der Waals surface area contributed by atoms with Crippen molar-refractivity contribution < 1.29 is 9.59 Å². The number of hydrogen-bond donors (Lipinski definition) is 1. The van der Waals surface area contributed by atoms with E-state index in [9.17, 15) is 9.59 Å². The van der Waals surface area contributed by atoms with Gasteiger partial charge >= 0.3 is 0 Å². The lowest BCUT2D eigenvalue weighted by Gasteiger charge is -2.09. The summed E-state index contributed by atoms with van der Waals surface area (Å²) in [4.78, 5) is 30.0. The minimum Gasteiger partial charge on any atom is -0.349 e. The fourth-order valence-corrected chi connectivity index (χ4v) is 3.37. The largest absolute Gasteiger partial charge is 0.349 e. The minimum atomic E-state index is -0.432. The highest BCUT2D eigenvalue weighted by atomic mass is 32.1. The van der Waals surface area contributed by atoms with Crippen LogP contribution in [0.1, 0.15) is 23.4 Å². The van der Waals surface area contributed by atoms with Gasteiger partial charge in [-0.05, 0) is 19.3 Å². The molecule has 1 aromatic heterocycles. The number of imide groups is 1. The second kappa shape index (κ2) is 3.80. The highest BCUT2D eigenvalue weighted by Gasteiger charge is 2.36. The van der Waals surface area contributed by atoms with E-state index in [1.807, 2.05) is 0 Å². The van der Waals surface area contributed by atoms with Crippen LogP contribution >= 0.6 is 11.3 Å². The Labute approximate surface area is 103 Å². The van der Waals surface area contributed by atoms with Gasteiger partial charge in [0, 0.05) is 11.9 Å². The molecule has 17 heavy (non-hydrogen) atoms. The fourth-order valence-electron chi connectivity index (χ4n) is 2.27. The average Bonchev–Trinajstić information content (AvgIpc) is 2.91. The molecule has 0 spiro atoms. The van der Waals surface area contributed by atoms with E-state index in [2.05, 4.69) is 10.3 Å². The highest BCUT2D eigenvalue weighted by molar-refractivity contribution is 7.15. The van der Waals surface area contributed by atoms with Crippen molar-refractivity contribution >= 4 is 28.3 Å². The Kier molecular flexibility index (Phi) is 2.39. The van der Waals surface area contributed by atoms with E-state index in [0.717, 1.165) is 23.7 Å². The van der Waals surface area contributed by atoms with Crippen molar-refractivity contribution in [2.24, 2.45) is 0 Å². The van der Waals surface area contributed by atoms with Gasteiger partial charge in [0.25, 0.3) is 5.91 Å². The number of fused-ring (bicyclic) bond motifs is 1. The smallest absolute Gasteiger partial charge is 0.251 e. The summed E-state index contributed by atoms with van der Waals surface area (Å²) in [7, 11) is 1.52. The molecule has 6 heteroatoms. The van der Waals surface area contributed by atoms with Crippen LogP contribution < -0.4 is 5.32 Å². The molecule has 2 aliphatic rings. The van der Waals surface area contributed by atoms with Crippen molar-refractivity contribution in [3.8, 4) is 0 Å². The molecule has 1 unspecified atom stereocenters. The summed E-state index contributed by atoms with van der Waals surface area (Å²) in [6.45, 7) is 0. The minimum absolute atomic E-state index is 0.128. The van der Waals surface area contributed by atoms with E-state index >= 15 is 0 Å². The van der Waals surface area contributed by atoms with Crippen LogP contribution in [0, 0.1) is 0 Å². The predicted octanol–water partition coefficient (Wildman–Crippen LogP) is 0.801. The molecular formula is C11H13N3O2S. The molecule has 1 N–H and O–H groups in total. The summed E-state index contributed by atoms with van der Waals surface area (Å²) in [5, 5.41) is 3.85. The Hall–Kier alpha value is -1.43. The van der Waals surface area contributed by atoms with Crippen LogP contribution in [-0.4, -0.2) is 34.8 Å². The normalized spacial score (nSPS) is 23.4. The lowest BCUT2D eigenvalue weighted by Crippen LogP contribution is -2.31. The number of carbonyl (C=O) groups excluding carboxylic acids is 2. The topological polar surface area (TPSA) is 62.3 Å². The van der Waals surface area contributed by atoms with E-state index in [1.54, 1.807) is 11.3 Å². The summed E-state index contributed by atoms with van der Waals surface area (Å²) in [5.74, 6) is -0.290. The van der Waals surface area contributed by atoms with E-state index in [0.29, 0.717) is 0 Å². The van der Waals surface area contributed by atoms with Gasteiger partial charge in [-0.25, -0.2) is 4.98 Å². The number of nitrogens with one attached hydrogen (secondary N) is 1. The van der Waals surface area contributed by atoms with Gasteiger partial charge in [-0.2, -0.15) is 0 Å². The molecule has 1 aliphatic heterocycles. The van der Waals surface area contributed by atoms with Crippen molar-refractivity contribution in [2.45, 2.75) is 31.7 Å². The molecule has 2 amide bonds. The second-order valence-electron chi connectivity index (χ2n) is 4.43. The van der Waals surface area contributed by atoms with Gasteiger partial charge in [-0.15, -0.1) is 11.3 Å². The Morgan fingerprint density at radius 3 is 2.88 bits per heavy atom. The molecule has 0 saturated carbocycles. The van der Waals surface area contributed by atoms with Crippen LogP contribution in [0.5, 0.6) is 0 Å². The maximum absolute atomic E-state index is 11.7. The van der Waals surface area contributed by atoms with Gasteiger partial charge in [-0.3, -0.25) is 14.5 Å². The van der Waals surface area contributed by atoms with Crippen LogP contribution in [-0.2, 0) is 22.4 Å². The lowest BCUT2D eigenvalue weighted by atomic mass is 10.2. The molecule has 2 heterocycles. The Morgan fingerprint density at radius 2 is 2.24 bits per heavy atom. The first-order valence-electron chi connectivity index (χ1n) is 5.70. The summed E-state index contributed by atoms with van der Waals surface area (Å²) in [6.07, 6.45) is 3.54. The molecule has 1 aliphatic carbocycles. The highest BCUT2D eigenvalue weighted by Crippen LogP contribution is 2.31. The number of carbonyl (C=O) groups is 2. The molecule has 1 saturated heterocycles. The zero-order valence-electron chi connectivity index (χ0n) is 9.52. The average molecular weight is 251 g/mol. The van der Waals surface area contributed by atoms with Crippen molar-refractivity contribution in [1.29, 1.82) is 0 Å². The van der Waals surface area contributed by atoms with Gasteiger partial charge in [0.05, 0.1) is 12.1 Å². The number of nitrogens with zero attached hydrogens (tertiary/aromatic N) is 2. The summed E-state index contributed by atoms with van der Waals surface area (Å²) >= 11 is 1.61. The molecular weight excluding hydrogens is 238 g/mol. The molecule has 1 fully saturated rings. The molecule has 0 radical (unpaired) electrons. The summed E-state index contributed by atoms with van der Waals surface area (Å²) in [5.41, 5.74) is 1.16. The first-order chi connectivity index (χ1) is 8.15. The van der Waals surface area contributed by atoms with Gasteiger partial charge in [0.2, 0.25) is 5.91 Å². The number of aromatic nitrogens is 1. The van der Waals surface area contributed by atoms with Crippen molar-refractivity contribution in [3.63, 3.8) is 0 Å². The zero-order valence-corrected chi connectivity index (χ0v) is 10.3. The molecule has 90 valence electrons. The number of aryl methyl sites for hydroxylation is 2. The van der Waals surface area contributed by atoms with Crippen molar-refractivity contribution in [1.82, 2.24) is 9.88 Å². The van der Waals surface area contributed by atoms with Crippen molar-refractivity contribution in [3.05, 3.63) is 10.6 Å². The number of hydrogen-bond acceptors (Lipinski definition) is 5. The third-order valence-electron chi connectivity index (χ3n) is 3.27. The SMILES string of the molecule is CN1C(=O)CC(Nc2nc3c(s2)CCC3)C1=O. The number of amides is 2. The van der Waals surface area contributed by atoms with Crippen LogP contribution in [0.15, 0.2) is 0 Å². The Balaban J connectivity index is 1.75. The third-order valence-corrected chi connectivity index (χ3v) is 4.36.